The van der Waals surface area contributed by atoms with E-state index in [1.807, 2.05) is 0 Å². The Balaban J connectivity index is 2.39. The van der Waals surface area contributed by atoms with Gasteiger partial charge in [-0.25, -0.2) is 4.79 Å². The average Bonchev–Trinajstić information content (AvgIpc) is 2.48. The van der Waals surface area contributed by atoms with Crippen molar-refractivity contribution in [3.05, 3.63) is 69.3 Å². The van der Waals surface area contributed by atoms with Gasteiger partial charge in [0.15, 0.2) is 0 Å². The largest absolute Gasteiger partial charge is 0.478 e. The maximum Gasteiger partial charge on any atom is 0.336 e. The number of aromatic carboxylic acids is 1. The molecule has 2 N–H and O–H groups in total. The SMILES string of the molecule is Cc1ccccc1NC(=O)c1ccc([N+](=O)[O-])cc1C(=O)O. The molecule has 0 saturated heterocycles. The fraction of sp³-hybridized carbons (Fsp3) is 0.0667. The third-order valence-corrected chi connectivity index (χ3v) is 3.08. The molecule has 0 radical (unpaired) electrons. The highest BCUT2D eigenvalue weighted by Crippen LogP contribution is 2.20. The number of benzene rings is 2. The summed E-state index contributed by atoms with van der Waals surface area (Å²) in [7, 11) is 0. The van der Waals surface area contributed by atoms with Crippen LogP contribution in [-0.2, 0) is 0 Å². The number of nitro groups is 1. The zero-order valence-electron chi connectivity index (χ0n) is 11.6. The van der Waals surface area contributed by atoms with Gasteiger partial charge in [-0.3, -0.25) is 14.9 Å². The number of anilines is 1. The van der Waals surface area contributed by atoms with Gasteiger partial charge in [-0.05, 0) is 24.6 Å². The van der Waals surface area contributed by atoms with E-state index in [2.05, 4.69) is 5.32 Å². The van der Waals surface area contributed by atoms with E-state index in [-0.39, 0.29) is 11.3 Å². The van der Waals surface area contributed by atoms with Gasteiger partial charge >= 0.3 is 5.97 Å². The zero-order valence-corrected chi connectivity index (χ0v) is 11.6. The Kier molecular flexibility index (Phi) is 4.17. The Morgan fingerprint density at radius 3 is 2.41 bits per heavy atom. The standard InChI is InChI=1S/C15H12N2O5/c1-9-4-2-3-5-13(9)16-14(18)11-7-6-10(17(21)22)8-12(11)15(19)20/h2-8H,1H3,(H,16,18)(H,19,20). The van der Waals surface area contributed by atoms with Gasteiger partial charge in [-0.15, -0.1) is 0 Å². The Morgan fingerprint density at radius 1 is 1.14 bits per heavy atom. The quantitative estimate of drug-likeness (QED) is 0.666. The molecule has 2 rings (SSSR count). The first-order valence-corrected chi connectivity index (χ1v) is 6.29. The fourth-order valence-electron chi connectivity index (χ4n) is 1.92. The van der Waals surface area contributed by atoms with Crippen LogP contribution in [0.4, 0.5) is 11.4 Å². The van der Waals surface area contributed by atoms with Gasteiger partial charge in [-0.1, -0.05) is 18.2 Å². The molecular formula is C15H12N2O5. The number of nitrogens with zero attached hydrogens (tertiary/aromatic N) is 1. The van der Waals surface area contributed by atoms with Gasteiger partial charge < -0.3 is 10.4 Å². The minimum absolute atomic E-state index is 0.138. The van der Waals surface area contributed by atoms with Crippen molar-refractivity contribution in [3.63, 3.8) is 0 Å². The average molecular weight is 300 g/mol. The third kappa shape index (κ3) is 3.09. The van der Waals surface area contributed by atoms with Crippen molar-refractivity contribution in [1.82, 2.24) is 0 Å². The second-order valence-corrected chi connectivity index (χ2v) is 4.56. The van der Waals surface area contributed by atoms with Crippen LogP contribution < -0.4 is 5.32 Å². The smallest absolute Gasteiger partial charge is 0.336 e. The number of hydrogen-bond acceptors (Lipinski definition) is 4. The van der Waals surface area contributed by atoms with E-state index in [1.165, 1.54) is 0 Å². The zero-order chi connectivity index (χ0) is 16.3. The molecule has 0 unspecified atom stereocenters. The van der Waals surface area contributed by atoms with Crippen LogP contribution in [0.5, 0.6) is 0 Å². The van der Waals surface area contributed by atoms with Crippen molar-refractivity contribution in [1.29, 1.82) is 0 Å². The van der Waals surface area contributed by atoms with Crippen LogP contribution in [0.1, 0.15) is 26.3 Å². The van der Waals surface area contributed by atoms with E-state index in [4.69, 9.17) is 5.11 Å². The predicted molar refractivity (Wildman–Crippen MR) is 79.2 cm³/mol. The van der Waals surface area contributed by atoms with Crippen LogP contribution in [-0.4, -0.2) is 21.9 Å². The van der Waals surface area contributed by atoms with Crippen LogP contribution in [0, 0.1) is 17.0 Å². The summed E-state index contributed by atoms with van der Waals surface area (Å²) < 4.78 is 0. The number of rotatable bonds is 4. The predicted octanol–water partition coefficient (Wildman–Crippen LogP) is 2.85. The molecule has 0 aliphatic rings. The van der Waals surface area contributed by atoms with Crippen LogP contribution in [0.2, 0.25) is 0 Å². The Hall–Kier alpha value is -3.22. The Labute approximate surface area is 125 Å². The molecule has 0 bridgehead atoms. The summed E-state index contributed by atoms with van der Waals surface area (Å²) in [6.07, 6.45) is 0. The lowest BCUT2D eigenvalue weighted by atomic mass is 10.1. The first kappa shape index (κ1) is 15.2. The van der Waals surface area contributed by atoms with Crippen molar-refractivity contribution in [2.24, 2.45) is 0 Å². The lowest BCUT2D eigenvalue weighted by Crippen LogP contribution is -2.17. The van der Waals surface area contributed by atoms with Crippen molar-refractivity contribution in [2.75, 3.05) is 5.32 Å². The number of non-ortho nitro benzene ring substituents is 1. The van der Waals surface area contributed by atoms with Crippen molar-refractivity contribution in [3.8, 4) is 0 Å². The summed E-state index contributed by atoms with van der Waals surface area (Å²) in [4.78, 5) is 33.4. The number of amides is 1. The summed E-state index contributed by atoms with van der Waals surface area (Å²) in [6, 6.07) is 10.1. The monoisotopic (exact) mass is 300 g/mol. The normalized spacial score (nSPS) is 10.0. The number of carbonyl (C=O) groups excluding carboxylic acids is 1. The first-order chi connectivity index (χ1) is 10.4. The number of para-hydroxylation sites is 1. The van der Waals surface area contributed by atoms with E-state index in [1.54, 1.807) is 31.2 Å². The third-order valence-electron chi connectivity index (χ3n) is 3.08. The topological polar surface area (TPSA) is 110 Å². The van der Waals surface area contributed by atoms with Crippen molar-refractivity contribution < 1.29 is 19.6 Å². The van der Waals surface area contributed by atoms with Gasteiger partial charge in [0.1, 0.15) is 0 Å². The number of aryl methyl sites for hydroxylation is 1. The summed E-state index contributed by atoms with van der Waals surface area (Å²) in [5.41, 5.74) is 0.420. The molecule has 0 heterocycles. The molecule has 0 aliphatic heterocycles. The summed E-state index contributed by atoms with van der Waals surface area (Å²) in [5, 5.41) is 22.4. The highest BCUT2D eigenvalue weighted by atomic mass is 16.6. The van der Waals surface area contributed by atoms with E-state index < -0.39 is 22.4 Å². The van der Waals surface area contributed by atoms with Gasteiger partial charge in [-0.2, -0.15) is 0 Å². The molecular weight excluding hydrogens is 288 g/mol. The number of carboxylic acids is 1. The summed E-state index contributed by atoms with van der Waals surface area (Å²) >= 11 is 0. The Morgan fingerprint density at radius 2 is 1.82 bits per heavy atom. The molecule has 0 saturated carbocycles. The van der Waals surface area contributed by atoms with E-state index >= 15 is 0 Å². The van der Waals surface area contributed by atoms with Gasteiger partial charge in [0.2, 0.25) is 0 Å². The van der Waals surface area contributed by atoms with Crippen LogP contribution in [0.25, 0.3) is 0 Å². The lowest BCUT2D eigenvalue weighted by Gasteiger charge is -2.09. The van der Waals surface area contributed by atoms with Crippen LogP contribution in [0.15, 0.2) is 42.5 Å². The Bertz CT molecular complexity index is 770. The first-order valence-electron chi connectivity index (χ1n) is 6.29. The molecule has 112 valence electrons. The minimum atomic E-state index is -1.40. The highest BCUT2D eigenvalue weighted by molar-refractivity contribution is 6.11. The molecule has 2 aromatic rings. The molecule has 2 aromatic carbocycles. The fourth-order valence-corrected chi connectivity index (χ4v) is 1.92. The summed E-state index contributed by atoms with van der Waals surface area (Å²) in [5.74, 6) is -2.04. The molecule has 7 nitrogen and oxygen atoms in total. The molecule has 0 aliphatic carbocycles. The summed E-state index contributed by atoms with van der Waals surface area (Å²) in [6.45, 7) is 1.80. The second kappa shape index (κ2) is 6.04. The maximum atomic E-state index is 12.2. The van der Waals surface area contributed by atoms with E-state index in [0.29, 0.717) is 5.69 Å². The lowest BCUT2D eigenvalue weighted by molar-refractivity contribution is -0.384. The van der Waals surface area contributed by atoms with Gasteiger partial charge in [0.05, 0.1) is 16.1 Å². The van der Waals surface area contributed by atoms with Gasteiger partial charge in [0, 0.05) is 17.8 Å². The van der Waals surface area contributed by atoms with Crippen LogP contribution in [0.3, 0.4) is 0 Å². The second-order valence-electron chi connectivity index (χ2n) is 4.56. The molecule has 1 amide bonds. The van der Waals surface area contributed by atoms with Crippen LogP contribution >= 0.6 is 0 Å². The van der Waals surface area contributed by atoms with Gasteiger partial charge in [0.25, 0.3) is 11.6 Å². The molecule has 0 spiro atoms. The number of carboxylic acid groups (broad SMARTS) is 1. The van der Waals surface area contributed by atoms with E-state index in [9.17, 15) is 19.7 Å². The highest BCUT2D eigenvalue weighted by Gasteiger charge is 2.20. The molecule has 7 heteroatoms. The minimum Gasteiger partial charge on any atom is -0.478 e. The number of hydrogen-bond donors (Lipinski definition) is 2. The molecule has 0 atom stereocenters. The molecule has 0 fully saturated rings. The van der Waals surface area contributed by atoms with Crippen molar-refractivity contribution >= 4 is 23.3 Å². The maximum absolute atomic E-state index is 12.2. The van der Waals surface area contributed by atoms with E-state index in [0.717, 1.165) is 23.8 Å². The number of nitrogens with one attached hydrogen (secondary N) is 1. The van der Waals surface area contributed by atoms with Crippen molar-refractivity contribution in [2.45, 2.75) is 6.92 Å². The molecule has 22 heavy (non-hydrogen) atoms. The number of nitro benzene ring substituents is 1. The number of carbonyl (C=O) groups is 2. The molecule has 0 aromatic heterocycles.